The van der Waals surface area contributed by atoms with E-state index in [1.165, 1.54) is 4.68 Å². The first-order valence-electron chi connectivity index (χ1n) is 6.47. The van der Waals surface area contributed by atoms with Gasteiger partial charge in [-0.1, -0.05) is 18.2 Å². The zero-order chi connectivity index (χ0) is 16.6. The van der Waals surface area contributed by atoms with Gasteiger partial charge in [-0.3, -0.25) is 4.79 Å². The Hall–Kier alpha value is -2.41. The van der Waals surface area contributed by atoms with Crippen molar-refractivity contribution >= 4 is 22.2 Å². The number of nitrogens with zero attached hydrogens (tertiary/aromatic N) is 2. The van der Waals surface area contributed by atoms with Gasteiger partial charge in [-0.15, -0.1) is 0 Å². The van der Waals surface area contributed by atoms with Crippen molar-refractivity contribution in [2.75, 3.05) is 0 Å². The standard InChI is InChI=1S/C16H8BrF3N2O/c17-16-11(8-23)15(10-6-7-12(18)14(20)13(10)19)21-22(16)9-4-2-1-3-5-9/h1-8H. The van der Waals surface area contributed by atoms with E-state index in [2.05, 4.69) is 21.0 Å². The van der Waals surface area contributed by atoms with Crippen LogP contribution in [0.1, 0.15) is 10.4 Å². The molecule has 0 unspecified atom stereocenters. The fourth-order valence-electron chi connectivity index (χ4n) is 2.16. The second-order valence-corrected chi connectivity index (χ2v) is 5.39. The molecular weight excluding hydrogens is 373 g/mol. The van der Waals surface area contributed by atoms with Gasteiger partial charge in [0.25, 0.3) is 0 Å². The van der Waals surface area contributed by atoms with Crippen LogP contribution in [0.25, 0.3) is 16.9 Å². The number of hydrogen-bond acceptors (Lipinski definition) is 2. The van der Waals surface area contributed by atoms with Crippen molar-refractivity contribution in [3.8, 4) is 16.9 Å². The first-order valence-corrected chi connectivity index (χ1v) is 7.27. The van der Waals surface area contributed by atoms with E-state index in [9.17, 15) is 18.0 Å². The fraction of sp³-hybridized carbons (Fsp3) is 0. The summed E-state index contributed by atoms with van der Waals surface area (Å²) >= 11 is 3.23. The van der Waals surface area contributed by atoms with Crippen molar-refractivity contribution in [2.45, 2.75) is 0 Å². The summed E-state index contributed by atoms with van der Waals surface area (Å²) in [7, 11) is 0. The first kappa shape index (κ1) is 15.5. The fourth-order valence-corrected chi connectivity index (χ4v) is 2.73. The molecule has 2 aromatic carbocycles. The van der Waals surface area contributed by atoms with Gasteiger partial charge in [-0.2, -0.15) is 5.10 Å². The highest BCUT2D eigenvalue weighted by atomic mass is 79.9. The Balaban J connectivity index is 2.26. The molecule has 0 spiro atoms. The second kappa shape index (κ2) is 6.00. The number of halogens is 4. The van der Waals surface area contributed by atoms with Crippen LogP contribution in [0.2, 0.25) is 0 Å². The van der Waals surface area contributed by atoms with E-state index in [0.717, 1.165) is 12.1 Å². The molecule has 0 aliphatic carbocycles. The number of aldehydes is 1. The van der Waals surface area contributed by atoms with E-state index in [1.54, 1.807) is 30.3 Å². The summed E-state index contributed by atoms with van der Waals surface area (Å²) in [5, 5.41) is 4.16. The second-order valence-electron chi connectivity index (χ2n) is 4.64. The molecule has 0 fully saturated rings. The molecule has 3 rings (SSSR count). The summed E-state index contributed by atoms with van der Waals surface area (Å²) in [6.07, 6.45) is 0.479. The number of carbonyl (C=O) groups excluding carboxylic acids is 1. The third kappa shape index (κ3) is 2.57. The first-order chi connectivity index (χ1) is 11.0. The maximum atomic E-state index is 14.0. The summed E-state index contributed by atoms with van der Waals surface area (Å²) in [4.78, 5) is 11.4. The number of hydrogen-bond donors (Lipinski definition) is 0. The monoisotopic (exact) mass is 380 g/mol. The number of benzene rings is 2. The zero-order valence-electron chi connectivity index (χ0n) is 11.4. The molecule has 0 amide bonds. The molecule has 0 aliphatic heterocycles. The predicted octanol–water partition coefficient (Wildman–Crippen LogP) is 4.53. The van der Waals surface area contributed by atoms with E-state index in [-0.39, 0.29) is 21.4 Å². The van der Waals surface area contributed by atoms with E-state index < -0.39 is 17.5 Å². The maximum Gasteiger partial charge on any atom is 0.195 e. The van der Waals surface area contributed by atoms with Gasteiger partial charge in [0.15, 0.2) is 23.7 Å². The Kier molecular flexibility index (Phi) is 4.04. The van der Waals surface area contributed by atoms with Crippen LogP contribution in [-0.2, 0) is 0 Å². The lowest BCUT2D eigenvalue weighted by Crippen LogP contribution is -1.98. The Morgan fingerprint density at radius 3 is 2.35 bits per heavy atom. The number of para-hydroxylation sites is 1. The Morgan fingerprint density at radius 2 is 1.70 bits per heavy atom. The van der Waals surface area contributed by atoms with Crippen LogP contribution in [0.15, 0.2) is 47.1 Å². The Labute approximate surface area is 137 Å². The Morgan fingerprint density at radius 1 is 1.00 bits per heavy atom. The summed E-state index contributed by atoms with van der Waals surface area (Å²) in [6.45, 7) is 0. The molecule has 0 bridgehead atoms. The molecule has 0 aliphatic rings. The van der Waals surface area contributed by atoms with Crippen LogP contribution >= 0.6 is 15.9 Å². The van der Waals surface area contributed by atoms with Gasteiger partial charge in [0.05, 0.1) is 11.3 Å². The predicted molar refractivity (Wildman–Crippen MR) is 82.0 cm³/mol. The van der Waals surface area contributed by atoms with E-state index >= 15 is 0 Å². The number of rotatable bonds is 3. The van der Waals surface area contributed by atoms with Crippen LogP contribution in [0.4, 0.5) is 13.2 Å². The summed E-state index contributed by atoms with van der Waals surface area (Å²) in [5.74, 6) is -4.30. The highest BCUT2D eigenvalue weighted by Gasteiger charge is 2.23. The van der Waals surface area contributed by atoms with Crippen molar-refractivity contribution in [3.63, 3.8) is 0 Å². The topological polar surface area (TPSA) is 34.9 Å². The van der Waals surface area contributed by atoms with E-state index in [1.807, 2.05) is 0 Å². The van der Waals surface area contributed by atoms with Gasteiger partial charge < -0.3 is 0 Å². The molecule has 0 radical (unpaired) electrons. The zero-order valence-corrected chi connectivity index (χ0v) is 13.0. The average Bonchev–Trinajstić information content (AvgIpc) is 2.90. The van der Waals surface area contributed by atoms with E-state index in [0.29, 0.717) is 12.0 Å². The number of aromatic nitrogens is 2. The molecule has 3 nitrogen and oxygen atoms in total. The Bertz CT molecular complexity index is 894. The quantitative estimate of drug-likeness (QED) is 0.494. The molecule has 0 atom stereocenters. The molecule has 7 heteroatoms. The van der Waals surface area contributed by atoms with Crippen LogP contribution in [-0.4, -0.2) is 16.1 Å². The van der Waals surface area contributed by atoms with Crippen molar-refractivity contribution in [1.82, 2.24) is 9.78 Å². The molecule has 23 heavy (non-hydrogen) atoms. The largest absolute Gasteiger partial charge is 0.298 e. The molecule has 1 heterocycles. The van der Waals surface area contributed by atoms with Crippen LogP contribution < -0.4 is 0 Å². The molecule has 116 valence electrons. The summed E-state index contributed by atoms with van der Waals surface area (Å²) in [6, 6.07) is 10.6. The minimum absolute atomic E-state index is 0.0405. The minimum Gasteiger partial charge on any atom is -0.298 e. The molecule has 3 aromatic rings. The van der Waals surface area contributed by atoms with Crippen molar-refractivity contribution in [3.05, 3.63) is 70.1 Å². The van der Waals surface area contributed by atoms with Gasteiger partial charge in [0, 0.05) is 5.56 Å². The van der Waals surface area contributed by atoms with Gasteiger partial charge in [0.2, 0.25) is 0 Å². The lowest BCUT2D eigenvalue weighted by atomic mass is 10.1. The van der Waals surface area contributed by atoms with E-state index in [4.69, 9.17) is 0 Å². The summed E-state index contributed by atoms with van der Waals surface area (Å²) < 4.78 is 42.2. The van der Waals surface area contributed by atoms with Gasteiger partial charge >= 0.3 is 0 Å². The molecule has 0 saturated heterocycles. The lowest BCUT2D eigenvalue weighted by molar-refractivity contribution is 0.112. The maximum absolute atomic E-state index is 14.0. The highest BCUT2D eigenvalue weighted by Crippen LogP contribution is 2.32. The minimum atomic E-state index is -1.61. The lowest BCUT2D eigenvalue weighted by Gasteiger charge is -2.03. The van der Waals surface area contributed by atoms with Crippen LogP contribution in [0.5, 0.6) is 0 Å². The van der Waals surface area contributed by atoms with Crippen molar-refractivity contribution in [2.24, 2.45) is 0 Å². The number of carbonyl (C=O) groups is 1. The van der Waals surface area contributed by atoms with Crippen molar-refractivity contribution in [1.29, 1.82) is 0 Å². The highest BCUT2D eigenvalue weighted by molar-refractivity contribution is 9.10. The third-order valence-corrected chi connectivity index (χ3v) is 4.04. The molecule has 1 aromatic heterocycles. The normalized spacial score (nSPS) is 10.8. The third-order valence-electron chi connectivity index (χ3n) is 3.27. The van der Waals surface area contributed by atoms with Crippen molar-refractivity contribution < 1.29 is 18.0 Å². The SMILES string of the molecule is O=Cc1c(-c2ccc(F)c(F)c2F)nn(-c2ccccc2)c1Br. The molecule has 0 saturated carbocycles. The molecule has 0 N–H and O–H groups in total. The molecular formula is C16H8BrF3N2O. The van der Waals surface area contributed by atoms with Gasteiger partial charge in [-0.05, 0) is 40.2 Å². The van der Waals surface area contributed by atoms with Crippen LogP contribution in [0.3, 0.4) is 0 Å². The summed E-state index contributed by atoms with van der Waals surface area (Å²) in [5.41, 5.74) is 0.295. The smallest absolute Gasteiger partial charge is 0.195 e. The van der Waals surface area contributed by atoms with Gasteiger partial charge in [0.1, 0.15) is 10.3 Å². The average molecular weight is 381 g/mol. The van der Waals surface area contributed by atoms with Crippen LogP contribution in [0, 0.1) is 17.5 Å². The van der Waals surface area contributed by atoms with Gasteiger partial charge in [-0.25, -0.2) is 17.9 Å².